The van der Waals surface area contributed by atoms with Crippen molar-refractivity contribution in [1.29, 1.82) is 0 Å². The van der Waals surface area contributed by atoms with Crippen molar-refractivity contribution in [3.8, 4) is 11.5 Å². The van der Waals surface area contributed by atoms with Gasteiger partial charge in [-0.2, -0.15) is 0 Å². The van der Waals surface area contributed by atoms with Gasteiger partial charge < -0.3 is 23.7 Å². The van der Waals surface area contributed by atoms with Crippen LogP contribution in [0.4, 0.5) is 5.69 Å². The minimum absolute atomic E-state index is 0.0195. The number of rotatable bonds is 7. The molecule has 0 radical (unpaired) electrons. The molecule has 1 aliphatic rings. The summed E-state index contributed by atoms with van der Waals surface area (Å²) in [6.07, 6.45) is 0.0195. The fourth-order valence-electron chi connectivity index (χ4n) is 3.58. The van der Waals surface area contributed by atoms with Gasteiger partial charge in [0.1, 0.15) is 11.5 Å². The Morgan fingerprint density at radius 2 is 1.87 bits per heavy atom. The number of aryl methyl sites for hydroxylation is 1. The highest BCUT2D eigenvalue weighted by Gasteiger charge is 2.37. The lowest BCUT2D eigenvalue weighted by Crippen LogP contribution is -2.27. The van der Waals surface area contributed by atoms with Gasteiger partial charge in [-0.3, -0.25) is 14.4 Å². The summed E-state index contributed by atoms with van der Waals surface area (Å²) >= 11 is 0. The predicted octanol–water partition coefficient (Wildman–Crippen LogP) is 2.44. The van der Waals surface area contributed by atoms with Crippen LogP contribution in [-0.4, -0.2) is 49.6 Å². The number of Topliss-reactive ketones (excluding diaryl/α,β-unsaturated/α-hetero) is 1. The Morgan fingerprint density at radius 3 is 2.47 bits per heavy atom. The molecule has 2 aromatic rings. The quantitative estimate of drug-likeness (QED) is 0.511. The number of carbonyl (C=O) groups excluding carboxylic acids is 3. The summed E-state index contributed by atoms with van der Waals surface area (Å²) in [5.74, 6) is -0.596. The first kappa shape index (κ1) is 21.4. The Balaban J connectivity index is 1.65. The van der Waals surface area contributed by atoms with Crippen LogP contribution in [0.25, 0.3) is 0 Å². The van der Waals surface area contributed by atoms with Gasteiger partial charge in [0.25, 0.3) is 0 Å². The van der Waals surface area contributed by atoms with E-state index in [-0.39, 0.29) is 31.3 Å². The summed E-state index contributed by atoms with van der Waals surface area (Å²) in [5, 5.41) is 0. The van der Waals surface area contributed by atoms with Crippen LogP contribution in [0.3, 0.4) is 0 Å². The highest BCUT2D eigenvalue weighted by atomic mass is 16.5. The molecule has 1 saturated heterocycles. The van der Waals surface area contributed by atoms with Crippen LogP contribution in [0.5, 0.6) is 11.5 Å². The van der Waals surface area contributed by atoms with E-state index < -0.39 is 11.9 Å². The molecular formula is C22H26N2O6. The number of esters is 1. The van der Waals surface area contributed by atoms with Gasteiger partial charge in [0, 0.05) is 43.0 Å². The van der Waals surface area contributed by atoms with Crippen LogP contribution in [0.2, 0.25) is 0 Å². The number of carbonyl (C=O) groups is 3. The highest BCUT2D eigenvalue weighted by Crippen LogP contribution is 2.36. The van der Waals surface area contributed by atoms with Crippen LogP contribution in [0.15, 0.2) is 24.3 Å². The van der Waals surface area contributed by atoms with Gasteiger partial charge in [0.2, 0.25) is 11.7 Å². The number of amides is 1. The Morgan fingerprint density at radius 1 is 1.13 bits per heavy atom. The van der Waals surface area contributed by atoms with Crippen molar-refractivity contribution in [3.05, 3.63) is 41.2 Å². The van der Waals surface area contributed by atoms with Crippen LogP contribution < -0.4 is 14.4 Å². The molecule has 0 aliphatic carbocycles. The lowest BCUT2D eigenvalue weighted by atomic mass is 10.1. The molecule has 0 unspecified atom stereocenters. The first-order valence-electron chi connectivity index (χ1n) is 9.62. The molecule has 0 N–H and O–H groups in total. The van der Waals surface area contributed by atoms with Gasteiger partial charge in [-0.1, -0.05) is 0 Å². The minimum Gasteiger partial charge on any atom is -0.497 e. The molecule has 2 heterocycles. The Hall–Kier alpha value is -3.29. The monoisotopic (exact) mass is 414 g/mol. The third-order valence-corrected chi connectivity index (χ3v) is 5.56. The van der Waals surface area contributed by atoms with Gasteiger partial charge in [0.15, 0.2) is 6.61 Å². The fraction of sp³-hybridized carbons (Fsp3) is 0.409. The maximum Gasteiger partial charge on any atom is 0.311 e. The molecule has 3 rings (SSSR count). The molecule has 1 aliphatic heterocycles. The third kappa shape index (κ3) is 4.03. The van der Waals surface area contributed by atoms with Gasteiger partial charge >= 0.3 is 5.97 Å². The van der Waals surface area contributed by atoms with Gasteiger partial charge in [-0.15, -0.1) is 0 Å². The van der Waals surface area contributed by atoms with E-state index in [0.717, 1.165) is 11.4 Å². The Kier molecular flexibility index (Phi) is 6.14. The van der Waals surface area contributed by atoms with E-state index in [9.17, 15) is 14.4 Å². The molecule has 1 aromatic carbocycles. The van der Waals surface area contributed by atoms with Crippen LogP contribution in [0, 0.1) is 19.8 Å². The SMILES string of the molecule is COc1ccc(N2C[C@@H](C(=O)OCC(=O)c3cc(C)n(C)c3C)CC2=O)c(OC)c1. The molecule has 8 nitrogen and oxygen atoms in total. The highest BCUT2D eigenvalue weighted by molar-refractivity contribution is 6.02. The van der Waals surface area contributed by atoms with E-state index in [1.165, 1.54) is 12.0 Å². The molecule has 0 bridgehead atoms. The van der Waals surface area contributed by atoms with E-state index in [1.807, 2.05) is 25.5 Å². The number of nitrogens with zero attached hydrogens (tertiary/aromatic N) is 2. The maximum atomic E-state index is 12.5. The number of methoxy groups -OCH3 is 2. The summed E-state index contributed by atoms with van der Waals surface area (Å²) < 4.78 is 17.7. The number of aromatic nitrogens is 1. The third-order valence-electron chi connectivity index (χ3n) is 5.56. The summed E-state index contributed by atoms with van der Waals surface area (Å²) in [6.45, 7) is 3.57. The van der Waals surface area contributed by atoms with Crippen molar-refractivity contribution in [2.75, 3.05) is 32.3 Å². The first-order valence-corrected chi connectivity index (χ1v) is 9.62. The molecule has 160 valence electrons. The molecule has 0 saturated carbocycles. The number of hydrogen-bond acceptors (Lipinski definition) is 6. The van der Waals surface area contributed by atoms with Gasteiger partial charge in [0.05, 0.1) is 25.8 Å². The van der Waals surface area contributed by atoms with E-state index in [2.05, 4.69) is 0 Å². The first-order chi connectivity index (χ1) is 14.3. The number of ketones is 1. The molecule has 1 amide bonds. The average Bonchev–Trinajstić information content (AvgIpc) is 3.26. The Labute approximate surface area is 175 Å². The Bertz CT molecular complexity index is 994. The standard InChI is InChI=1S/C22H26N2O6/c1-13-8-17(14(2)23(13)3)19(25)12-30-22(27)15-9-21(26)24(11-15)18-7-6-16(28-4)10-20(18)29-5/h6-8,10,15H,9,11-12H2,1-5H3/t15-/m0/s1. The normalized spacial score (nSPS) is 16.0. The molecular weight excluding hydrogens is 388 g/mol. The van der Waals surface area contributed by atoms with Crippen LogP contribution >= 0.6 is 0 Å². The molecule has 0 spiro atoms. The molecule has 30 heavy (non-hydrogen) atoms. The summed E-state index contributed by atoms with van der Waals surface area (Å²) in [7, 11) is 4.92. The summed E-state index contributed by atoms with van der Waals surface area (Å²) in [4.78, 5) is 39.0. The number of anilines is 1. The summed E-state index contributed by atoms with van der Waals surface area (Å²) in [6, 6.07) is 6.90. The van der Waals surface area contributed by atoms with Crippen molar-refractivity contribution < 1.29 is 28.6 Å². The van der Waals surface area contributed by atoms with Crippen molar-refractivity contribution in [1.82, 2.24) is 4.57 Å². The van der Waals surface area contributed by atoms with Gasteiger partial charge in [-0.05, 0) is 32.0 Å². The number of benzene rings is 1. The van der Waals surface area contributed by atoms with E-state index in [1.54, 1.807) is 31.4 Å². The summed E-state index contributed by atoms with van der Waals surface area (Å²) in [5.41, 5.74) is 2.87. The molecule has 1 fully saturated rings. The number of ether oxygens (including phenoxy) is 3. The zero-order chi connectivity index (χ0) is 22.0. The average molecular weight is 414 g/mol. The van der Waals surface area contributed by atoms with Crippen molar-refractivity contribution in [3.63, 3.8) is 0 Å². The lowest BCUT2D eigenvalue weighted by molar-refractivity contribution is -0.147. The smallest absolute Gasteiger partial charge is 0.311 e. The fourth-order valence-corrected chi connectivity index (χ4v) is 3.58. The largest absolute Gasteiger partial charge is 0.497 e. The topological polar surface area (TPSA) is 87.1 Å². The van der Waals surface area contributed by atoms with Gasteiger partial charge in [-0.25, -0.2) is 0 Å². The zero-order valence-corrected chi connectivity index (χ0v) is 17.9. The predicted molar refractivity (Wildman–Crippen MR) is 110 cm³/mol. The van der Waals surface area contributed by atoms with Crippen molar-refractivity contribution >= 4 is 23.3 Å². The van der Waals surface area contributed by atoms with Crippen molar-refractivity contribution in [2.45, 2.75) is 20.3 Å². The number of hydrogen-bond donors (Lipinski definition) is 0. The van der Waals surface area contributed by atoms with Crippen LogP contribution in [-0.2, 0) is 21.4 Å². The second-order valence-corrected chi connectivity index (χ2v) is 7.32. The maximum absolute atomic E-state index is 12.5. The van der Waals surface area contributed by atoms with E-state index in [4.69, 9.17) is 14.2 Å². The molecule has 1 aromatic heterocycles. The van der Waals surface area contributed by atoms with E-state index in [0.29, 0.717) is 22.7 Å². The second-order valence-electron chi connectivity index (χ2n) is 7.32. The van der Waals surface area contributed by atoms with E-state index >= 15 is 0 Å². The second kappa shape index (κ2) is 8.61. The molecule has 8 heteroatoms. The lowest BCUT2D eigenvalue weighted by Gasteiger charge is -2.20. The van der Waals surface area contributed by atoms with Crippen molar-refractivity contribution in [2.24, 2.45) is 13.0 Å². The van der Waals surface area contributed by atoms with Crippen LogP contribution in [0.1, 0.15) is 28.2 Å². The minimum atomic E-state index is -0.643. The zero-order valence-electron chi connectivity index (χ0n) is 17.9. The molecule has 1 atom stereocenters.